The van der Waals surface area contributed by atoms with Crippen LogP contribution in [-0.4, -0.2) is 4.21 Å². The molecule has 0 bridgehead atoms. The van der Waals surface area contributed by atoms with Gasteiger partial charge in [0.25, 0.3) is 0 Å². The van der Waals surface area contributed by atoms with Crippen LogP contribution in [0.1, 0.15) is 5.56 Å². The van der Waals surface area contributed by atoms with Crippen LogP contribution in [0.2, 0.25) is 0 Å². The van der Waals surface area contributed by atoms with E-state index in [4.69, 9.17) is 0 Å². The average molecular weight is 232 g/mol. The normalized spacial score (nSPS) is 21.7. The first-order valence-corrected chi connectivity index (χ1v) is 5.15. The number of rotatable bonds is 0. The molecule has 0 fully saturated rings. The molecule has 1 aromatic carbocycles. The minimum atomic E-state index is -0.988. The fourth-order valence-electron chi connectivity index (χ4n) is 1.07. The van der Waals surface area contributed by atoms with Crippen LogP contribution in [0.25, 0.3) is 0 Å². The Morgan fingerprint density at radius 1 is 1.55 bits per heavy atom. The van der Waals surface area contributed by atoms with Crippen molar-refractivity contribution in [3.05, 3.63) is 28.2 Å². The van der Waals surface area contributed by atoms with Crippen molar-refractivity contribution in [3.63, 3.8) is 0 Å². The third kappa shape index (κ3) is 1.26. The van der Waals surface area contributed by atoms with E-state index in [1.807, 2.05) is 18.2 Å². The molecule has 4 heteroatoms. The molecule has 1 atom stereocenters. The Morgan fingerprint density at radius 2 is 2.36 bits per heavy atom. The maximum atomic E-state index is 11.2. The number of fused-ring (bicyclic) bond motifs is 1. The van der Waals surface area contributed by atoms with E-state index >= 15 is 0 Å². The first kappa shape index (κ1) is 7.46. The Bertz CT molecular complexity index is 326. The fourth-order valence-corrected chi connectivity index (χ4v) is 2.64. The van der Waals surface area contributed by atoms with Crippen LogP contribution in [0, 0.1) is 0 Å². The molecule has 1 unspecified atom stereocenters. The standard InChI is InChI=1S/C7H6BrNOS/c8-6-2-1-5-4-9-11(10)7(5)3-6/h1-3,9H,4H2. The highest BCUT2D eigenvalue weighted by atomic mass is 79.9. The van der Waals surface area contributed by atoms with E-state index in [-0.39, 0.29) is 0 Å². The Balaban J connectivity index is 2.60. The van der Waals surface area contributed by atoms with Crippen LogP contribution >= 0.6 is 15.9 Å². The zero-order valence-electron chi connectivity index (χ0n) is 5.63. The predicted octanol–water partition coefficient (Wildman–Crippen LogP) is 1.57. The third-order valence-corrected chi connectivity index (χ3v) is 3.30. The van der Waals surface area contributed by atoms with Crippen LogP contribution in [-0.2, 0) is 17.5 Å². The quantitative estimate of drug-likeness (QED) is 0.722. The maximum absolute atomic E-state index is 11.2. The van der Waals surface area contributed by atoms with Gasteiger partial charge < -0.3 is 0 Å². The van der Waals surface area contributed by atoms with Gasteiger partial charge in [-0.15, -0.1) is 0 Å². The summed E-state index contributed by atoms with van der Waals surface area (Å²) in [6, 6.07) is 5.84. The highest BCUT2D eigenvalue weighted by molar-refractivity contribution is 9.10. The summed E-state index contributed by atoms with van der Waals surface area (Å²) in [7, 11) is -0.988. The summed E-state index contributed by atoms with van der Waals surface area (Å²) in [5.41, 5.74) is 1.13. The van der Waals surface area contributed by atoms with Gasteiger partial charge in [0.15, 0.2) is 0 Å². The van der Waals surface area contributed by atoms with Crippen LogP contribution < -0.4 is 4.72 Å². The highest BCUT2D eigenvalue weighted by Gasteiger charge is 2.16. The predicted molar refractivity (Wildman–Crippen MR) is 47.4 cm³/mol. The van der Waals surface area contributed by atoms with Crippen LogP contribution in [0.3, 0.4) is 0 Å². The molecule has 1 heterocycles. The van der Waals surface area contributed by atoms with Gasteiger partial charge in [0.05, 0.1) is 4.90 Å². The van der Waals surface area contributed by atoms with Gasteiger partial charge in [-0.05, 0) is 17.7 Å². The maximum Gasteiger partial charge on any atom is 0.125 e. The van der Waals surface area contributed by atoms with Gasteiger partial charge in [0, 0.05) is 11.0 Å². The minimum Gasteiger partial charge on any atom is -0.237 e. The van der Waals surface area contributed by atoms with Crippen molar-refractivity contribution < 1.29 is 4.21 Å². The number of halogens is 1. The van der Waals surface area contributed by atoms with Crippen molar-refractivity contribution in [2.75, 3.05) is 0 Å². The van der Waals surface area contributed by atoms with E-state index in [1.54, 1.807) is 0 Å². The number of benzene rings is 1. The molecule has 1 aliphatic heterocycles. The summed E-state index contributed by atoms with van der Waals surface area (Å²) in [4.78, 5) is 0.902. The molecule has 0 saturated carbocycles. The van der Waals surface area contributed by atoms with Gasteiger partial charge >= 0.3 is 0 Å². The van der Waals surface area contributed by atoms with E-state index in [0.717, 1.165) is 21.5 Å². The molecule has 0 aromatic heterocycles. The molecule has 2 nitrogen and oxygen atoms in total. The van der Waals surface area contributed by atoms with Crippen LogP contribution in [0.4, 0.5) is 0 Å². The molecule has 1 aliphatic rings. The Morgan fingerprint density at radius 3 is 3.18 bits per heavy atom. The van der Waals surface area contributed by atoms with E-state index < -0.39 is 11.0 Å². The topological polar surface area (TPSA) is 29.1 Å². The van der Waals surface area contributed by atoms with Gasteiger partial charge in [0.2, 0.25) is 0 Å². The SMILES string of the molecule is O=S1NCc2ccc(Br)cc21. The second-order valence-electron chi connectivity index (χ2n) is 2.34. The number of hydrogen-bond acceptors (Lipinski definition) is 1. The second kappa shape index (κ2) is 2.69. The van der Waals surface area contributed by atoms with E-state index in [9.17, 15) is 4.21 Å². The van der Waals surface area contributed by atoms with Gasteiger partial charge in [-0.25, -0.2) is 8.93 Å². The molecule has 0 radical (unpaired) electrons. The number of hydrogen-bond donors (Lipinski definition) is 1. The Hall–Kier alpha value is -0.190. The summed E-state index contributed by atoms with van der Waals surface area (Å²) in [5, 5.41) is 0. The monoisotopic (exact) mass is 231 g/mol. The Kier molecular flexibility index (Phi) is 1.83. The fraction of sp³-hybridized carbons (Fsp3) is 0.143. The average Bonchev–Trinajstić information content (AvgIpc) is 2.33. The molecule has 0 saturated heterocycles. The molecule has 11 heavy (non-hydrogen) atoms. The lowest BCUT2D eigenvalue weighted by molar-refractivity contribution is 0.678. The molecule has 0 aliphatic carbocycles. The molecule has 58 valence electrons. The van der Waals surface area contributed by atoms with Crippen molar-refractivity contribution in [3.8, 4) is 0 Å². The second-order valence-corrected chi connectivity index (χ2v) is 4.52. The van der Waals surface area contributed by atoms with Gasteiger partial charge in [0.1, 0.15) is 11.0 Å². The van der Waals surface area contributed by atoms with Gasteiger partial charge in [-0.2, -0.15) is 0 Å². The van der Waals surface area contributed by atoms with Crippen LogP contribution in [0.15, 0.2) is 27.6 Å². The summed E-state index contributed by atoms with van der Waals surface area (Å²) in [5.74, 6) is 0. The lowest BCUT2D eigenvalue weighted by atomic mass is 10.2. The lowest BCUT2D eigenvalue weighted by Crippen LogP contribution is -2.05. The van der Waals surface area contributed by atoms with Crippen molar-refractivity contribution in [2.45, 2.75) is 11.4 Å². The summed E-state index contributed by atoms with van der Waals surface area (Å²) >= 11 is 3.33. The summed E-state index contributed by atoms with van der Waals surface area (Å²) < 4.78 is 15.0. The molecular weight excluding hydrogens is 226 g/mol. The van der Waals surface area contributed by atoms with Gasteiger partial charge in [-0.3, -0.25) is 0 Å². The van der Waals surface area contributed by atoms with E-state index in [2.05, 4.69) is 20.7 Å². The van der Waals surface area contributed by atoms with Gasteiger partial charge in [-0.1, -0.05) is 22.0 Å². The zero-order chi connectivity index (χ0) is 7.84. The summed E-state index contributed by atoms with van der Waals surface area (Å²) in [6.45, 7) is 0.717. The lowest BCUT2D eigenvalue weighted by Gasteiger charge is -1.94. The highest BCUT2D eigenvalue weighted by Crippen LogP contribution is 2.22. The molecular formula is C7H6BrNOS. The van der Waals surface area contributed by atoms with Crippen molar-refractivity contribution in [1.82, 2.24) is 4.72 Å². The van der Waals surface area contributed by atoms with E-state index in [1.165, 1.54) is 0 Å². The molecule has 1 aromatic rings. The molecule has 1 N–H and O–H groups in total. The zero-order valence-corrected chi connectivity index (χ0v) is 8.04. The minimum absolute atomic E-state index is 0.717. The molecule has 0 spiro atoms. The largest absolute Gasteiger partial charge is 0.237 e. The first-order chi connectivity index (χ1) is 5.27. The summed E-state index contributed by atoms with van der Waals surface area (Å²) in [6.07, 6.45) is 0. The third-order valence-electron chi connectivity index (χ3n) is 1.62. The smallest absolute Gasteiger partial charge is 0.125 e. The van der Waals surface area contributed by atoms with Crippen molar-refractivity contribution >= 4 is 26.9 Å². The van der Waals surface area contributed by atoms with E-state index in [0.29, 0.717) is 0 Å². The Labute approximate surface area is 75.7 Å². The van der Waals surface area contributed by atoms with Crippen LogP contribution in [0.5, 0.6) is 0 Å². The molecule has 0 amide bonds. The first-order valence-electron chi connectivity index (χ1n) is 3.21. The number of nitrogens with one attached hydrogen (secondary N) is 1. The molecule has 2 rings (SSSR count). The van der Waals surface area contributed by atoms with Crippen molar-refractivity contribution in [1.29, 1.82) is 0 Å². The van der Waals surface area contributed by atoms with Crippen molar-refractivity contribution in [2.24, 2.45) is 0 Å².